The zero-order chi connectivity index (χ0) is 25.9. The van der Waals surface area contributed by atoms with Crippen molar-refractivity contribution >= 4 is 39.1 Å². The first kappa shape index (κ1) is 25.0. The first-order valence-electron chi connectivity index (χ1n) is 12.6. The number of H-pyrrole nitrogens is 1. The largest absolute Gasteiger partial charge is 0.497 e. The number of amides is 1. The first-order chi connectivity index (χ1) is 18.0. The van der Waals surface area contributed by atoms with Crippen molar-refractivity contribution in [1.29, 1.82) is 0 Å². The number of nitrogens with one attached hydrogen (secondary N) is 1. The molecule has 1 aliphatic rings. The molecule has 37 heavy (non-hydrogen) atoms. The maximum atomic E-state index is 13.9. The van der Waals surface area contributed by atoms with Crippen molar-refractivity contribution in [2.75, 3.05) is 19.1 Å². The monoisotopic (exact) mass is 517 g/mol. The van der Waals surface area contributed by atoms with Crippen LogP contribution in [0.2, 0.25) is 0 Å². The molecular weight excluding hydrogens is 486 g/mol. The number of benzene rings is 2. The highest BCUT2D eigenvalue weighted by atomic mass is 32.1. The Hall–Kier alpha value is -3.65. The van der Waals surface area contributed by atoms with Gasteiger partial charge in [-0.2, -0.15) is 0 Å². The van der Waals surface area contributed by atoms with Gasteiger partial charge in [-0.25, -0.2) is 4.98 Å². The van der Waals surface area contributed by atoms with Gasteiger partial charge < -0.3 is 14.5 Å². The van der Waals surface area contributed by atoms with E-state index in [-0.39, 0.29) is 24.2 Å². The summed E-state index contributed by atoms with van der Waals surface area (Å²) in [6.07, 6.45) is 7.29. The summed E-state index contributed by atoms with van der Waals surface area (Å²) < 4.78 is 11.0. The molecule has 1 amide bonds. The molecule has 0 aliphatic heterocycles. The van der Waals surface area contributed by atoms with E-state index in [1.165, 1.54) is 17.8 Å². The summed E-state index contributed by atoms with van der Waals surface area (Å²) in [4.78, 5) is 37.6. The lowest BCUT2D eigenvalue weighted by atomic mass is 9.93. The van der Waals surface area contributed by atoms with Gasteiger partial charge in [0.2, 0.25) is 5.91 Å². The van der Waals surface area contributed by atoms with E-state index in [0.29, 0.717) is 22.6 Å². The van der Waals surface area contributed by atoms with Crippen LogP contribution in [-0.4, -0.2) is 41.9 Å². The van der Waals surface area contributed by atoms with Gasteiger partial charge in [0.25, 0.3) is 0 Å². The third-order valence-electron chi connectivity index (χ3n) is 7.18. The topological polar surface area (TPSA) is 84.5 Å². The predicted molar refractivity (Wildman–Crippen MR) is 146 cm³/mol. The van der Waals surface area contributed by atoms with E-state index in [4.69, 9.17) is 9.47 Å². The Balaban J connectivity index is 1.59. The molecule has 2 aromatic carbocycles. The van der Waals surface area contributed by atoms with Crippen molar-refractivity contribution in [2.24, 2.45) is 0 Å². The zero-order valence-electron chi connectivity index (χ0n) is 21.4. The van der Waals surface area contributed by atoms with Crippen LogP contribution in [0.15, 0.2) is 48.0 Å². The minimum Gasteiger partial charge on any atom is -0.497 e. The highest BCUT2D eigenvalue weighted by molar-refractivity contribution is 7.13. The summed E-state index contributed by atoms with van der Waals surface area (Å²) in [5.41, 5.74) is 3.40. The Morgan fingerprint density at radius 2 is 1.92 bits per heavy atom. The summed E-state index contributed by atoms with van der Waals surface area (Å²) in [6, 6.07) is 10.9. The van der Waals surface area contributed by atoms with Gasteiger partial charge in [0.05, 0.1) is 26.2 Å². The fraction of sp³-hybridized carbons (Fsp3) is 0.345. The third kappa shape index (κ3) is 4.85. The molecule has 8 heteroatoms. The zero-order valence-corrected chi connectivity index (χ0v) is 22.2. The molecule has 1 N–H and O–H groups in total. The summed E-state index contributed by atoms with van der Waals surface area (Å²) in [5.74, 6) is 0.882. The maximum Gasteiger partial charge on any atom is 0.233 e. The third-order valence-corrected chi connectivity index (χ3v) is 7.96. The highest BCUT2D eigenvalue weighted by Gasteiger charge is 2.31. The molecular formula is C29H31N3O4S. The number of aromatic nitrogens is 2. The van der Waals surface area contributed by atoms with Crippen LogP contribution in [-0.2, 0) is 11.2 Å². The molecule has 0 unspecified atom stereocenters. The number of hydrogen-bond acceptors (Lipinski definition) is 6. The van der Waals surface area contributed by atoms with Crippen LogP contribution in [0, 0.1) is 6.92 Å². The van der Waals surface area contributed by atoms with Crippen molar-refractivity contribution in [2.45, 2.75) is 51.5 Å². The van der Waals surface area contributed by atoms with E-state index >= 15 is 0 Å². The number of ketones is 1. The molecule has 4 aromatic rings. The van der Waals surface area contributed by atoms with Crippen molar-refractivity contribution in [3.63, 3.8) is 0 Å². The molecule has 5 rings (SSSR count). The standard InChI is InChI=1S/C29H31N3O4S/c1-18-22(17-25(33)32(29-30-14-15-37-29)20-9-5-4-6-10-20)26-23(31-18)12-13-24(36-3)27(26)28(34)19-8-7-11-21(16-19)35-2/h7-8,11-16,20,31H,4-6,9-10,17H2,1-3H3. The lowest BCUT2D eigenvalue weighted by Crippen LogP contribution is -2.42. The second kappa shape index (κ2) is 10.8. The highest BCUT2D eigenvalue weighted by Crippen LogP contribution is 2.36. The summed E-state index contributed by atoms with van der Waals surface area (Å²) in [7, 11) is 3.13. The number of aryl methyl sites for hydroxylation is 1. The fourth-order valence-electron chi connectivity index (χ4n) is 5.37. The Labute approximate surface area is 220 Å². The molecule has 1 aliphatic carbocycles. The Bertz CT molecular complexity index is 1420. The molecule has 7 nitrogen and oxygen atoms in total. The molecule has 0 radical (unpaired) electrons. The van der Waals surface area contributed by atoms with Crippen LogP contribution >= 0.6 is 11.3 Å². The van der Waals surface area contributed by atoms with Crippen molar-refractivity contribution in [3.8, 4) is 11.5 Å². The van der Waals surface area contributed by atoms with Gasteiger partial charge in [-0.15, -0.1) is 11.3 Å². The van der Waals surface area contributed by atoms with Gasteiger partial charge in [0, 0.05) is 39.8 Å². The van der Waals surface area contributed by atoms with Gasteiger partial charge in [-0.1, -0.05) is 31.4 Å². The number of aromatic amines is 1. The van der Waals surface area contributed by atoms with Crippen LogP contribution in [0.1, 0.15) is 59.3 Å². The molecule has 2 heterocycles. The molecule has 1 fully saturated rings. The second-order valence-corrected chi connectivity index (χ2v) is 10.3. The average Bonchev–Trinajstić information content (AvgIpc) is 3.56. The smallest absolute Gasteiger partial charge is 0.233 e. The van der Waals surface area contributed by atoms with Crippen LogP contribution in [0.5, 0.6) is 11.5 Å². The number of carbonyl (C=O) groups is 2. The summed E-state index contributed by atoms with van der Waals surface area (Å²) >= 11 is 1.49. The Kier molecular flexibility index (Phi) is 7.28. The van der Waals surface area contributed by atoms with E-state index in [1.807, 2.05) is 23.3 Å². The molecule has 192 valence electrons. The van der Waals surface area contributed by atoms with Crippen molar-refractivity contribution in [1.82, 2.24) is 9.97 Å². The minimum absolute atomic E-state index is 0.00607. The summed E-state index contributed by atoms with van der Waals surface area (Å²) in [5, 5.41) is 3.37. The molecule has 1 saturated carbocycles. The molecule has 2 aromatic heterocycles. The molecule has 0 saturated heterocycles. The Morgan fingerprint density at radius 1 is 1.11 bits per heavy atom. The first-order valence-corrected chi connectivity index (χ1v) is 13.5. The normalized spacial score (nSPS) is 14.0. The number of rotatable bonds is 8. The molecule has 0 spiro atoms. The number of carbonyl (C=O) groups excluding carboxylic acids is 2. The van der Waals surface area contributed by atoms with Crippen LogP contribution in [0.3, 0.4) is 0 Å². The van der Waals surface area contributed by atoms with E-state index < -0.39 is 0 Å². The number of nitrogens with zero attached hydrogens (tertiary/aromatic N) is 2. The molecule has 0 bridgehead atoms. The number of fused-ring (bicyclic) bond motifs is 1. The van der Waals surface area contributed by atoms with Crippen LogP contribution in [0.25, 0.3) is 10.9 Å². The van der Waals surface area contributed by atoms with Gasteiger partial charge >= 0.3 is 0 Å². The molecule has 0 atom stereocenters. The SMILES string of the molecule is COc1cccc(C(=O)c2c(OC)ccc3[nH]c(C)c(CC(=O)N(c4nccs4)C4CCCCC4)c23)c1. The van der Waals surface area contributed by atoms with Crippen molar-refractivity contribution in [3.05, 3.63) is 70.4 Å². The average molecular weight is 518 g/mol. The quantitative estimate of drug-likeness (QED) is 0.286. The van der Waals surface area contributed by atoms with Gasteiger partial charge in [-0.3, -0.25) is 14.5 Å². The van der Waals surface area contributed by atoms with Crippen LogP contribution in [0.4, 0.5) is 5.13 Å². The van der Waals surface area contributed by atoms with Crippen LogP contribution < -0.4 is 14.4 Å². The number of methoxy groups -OCH3 is 2. The minimum atomic E-state index is -0.182. The lowest BCUT2D eigenvalue weighted by Gasteiger charge is -2.32. The number of hydrogen-bond donors (Lipinski definition) is 1. The van der Waals surface area contributed by atoms with E-state index in [1.54, 1.807) is 50.7 Å². The maximum absolute atomic E-state index is 13.9. The van der Waals surface area contributed by atoms with Gasteiger partial charge in [0.15, 0.2) is 10.9 Å². The van der Waals surface area contributed by atoms with E-state index in [9.17, 15) is 9.59 Å². The number of thiazole rings is 1. The number of anilines is 1. The number of ether oxygens (including phenoxy) is 2. The predicted octanol–water partition coefficient (Wildman–Crippen LogP) is 6.09. The van der Waals surface area contributed by atoms with Gasteiger partial charge in [0.1, 0.15) is 11.5 Å². The van der Waals surface area contributed by atoms with E-state index in [2.05, 4.69) is 9.97 Å². The van der Waals surface area contributed by atoms with E-state index in [0.717, 1.165) is 53.0 Å². The summed E-state index contributed by atoms with van der Waals surface area (Å²) in [6.45, 7) is 1.95. The van der Waals surface area contributed by atoms with Gasteiger partial charge in [-0.05, 0) is 49.6 Å². The lowest BCUT2D eigenvalue weighted by molar-refractivity contribution is -0.118. The fourth-order valence-corrected chi connectivity index (χ4v) is 6.10. The Morgan fingerprint density at radius 3 is 2.62 bits per heavy atom. The second-order valence-electron chi connectivity index (χ2n) is 9.40. The van der Waals surface area contributed by atoms with Crippen molar-refractivity contribution < 1.29 is 19.1 Å².